The Hall–Kier alpha value is -1.78. The summed E-state index contributed by atoms with van der Waals surface area (Å²) < 4.78 is 27.6. The van der Waals surface area contributed by atoms with E-state index in [4.69, 9.17) is 0 Å². The lowest BCUT2D eigenvalue weighted by Crippen LogP contribution is -2.33. The van der Waals surface area contributed by atoms with E-state index in [2.05, 4.69) is 10.2 Å². The zero-order chi connectivity index (χ0) is 15.4. The quantitative estimate of drug-likeness (QED) is 0.935. The molecule has 2 aromatic carbocycles. The molecular formula is C18H20F2N2. The van der Waals surface area contributed by atoms with Crippen LogP contribution >= 0.6 is 0 Å². The summed E-state index contributed by atoms with van der Waals surface area (Å²) >= 11 is 0. The average Bonchev–Trinajstić information content (AvgIpc) is 2.80. The molecule has 0 amide bonds. The summed E-state index contributed by atoms with van der Waals surface area (Å²) in [6.07, 6.45) is 1.02. The molecule has 1 fully saturated rings. The lowest BCUT2D eigenvalue weighted by Gasteiger charge is -2.31. The molecule has 3 rings (SSSR count). The second-order valence-corrected chi connectivity index (χ2v) is 5.62. The number of halogens is 2. The number of nitrogens with zero attached hydrogens (tertiary/aromatic N) is 1. The van der Waals surface area contributed by atoms with Gasteiger partial charge in [-0.3, -0.25) is 4.90 Å². The molecule has 1 heterocycles. The Labute approximate surface area is 129 Å². The normalized spacial score (nSPS) is 17.9. The van der Waals surface area contributed by atoms with Crippen LogP contribution in [0.25, 0.3) is 0 Å². The van der Waals surface area contributed by atoms with E-state index in [1.807, 2.05) is 30.3 Å². The summed E-state index contributed by atoms with van der Waals surface area (Å²) in [6, 6.07) is 13.6. The van der Waals surface area contributed by atoms with Crippen molar-refractivity contribution in [2.75, 3.05) is 26.2 Å². The highest BCUT2D eigenvalue weighted by atomic mass is 19.1. The number of nitrogens with one attached hydrogen (secondary N) is 1. The minimum Gasteiger partial charge on any atom is -0.315 e. The van der Waals surface area contributed by atoms with Crippen molar-refractivity contribution in [3.8, 4) is 0 Å². The van der Waals surface area contributed by atoms with E-state index < -0.39 is 11.6 Å². The van der Waals surface area contributed by atoms with Crippen molar-refractivity contribution in [1.29, 1.82) is 0 Å². The fourth-order valence-corrected chi connectivity index (χ4v) is 3.07. The molecule has 1 aliphatic rings. The van der Waals surface area contributed by atoms with E-state index in [-0.39, 0.29) is 6.04 Å². The molecule has 2 aromatic rings. The summed E-state index contributed by atoms with van der Waals surface area (Å²) in [6.45, 7) is 3.59. The van der Waals surface area contributed by atoms with Gasteiger partial charge in [-0.25, -0.2) is 8.78 Å². The lowest BCUT2D eigenvalue weighted by molar-refractivity contribution is 0.236. The van der Waals surface area contributed by atoms with Gasteiger partial charge in [-0.2, -0.15) is 0 Å². The van der Waals surface area contributed by atoms with Crippen LogP contribution in [0, 0.1) is 11.6 Å². The molecule has 0 radical (unpaired) electrons. The maximum atomic E-state index is 14.4. The molecule has 1 atom stereocenters. The smallest absolute Gasteiger partial charge is 0.131 e. The van der Waals surface area contributed by atoms with Gasteiger partial charge in [0.05, 0.1) is 6.04 Å². The van der Waals surface area contributed by atoms with E-state index >= 15 is 0 Å². The molecule has 0 aliphatic carbocycles. The van der Waals surface area contributed by atoms with Gasteiger partial charge >= 0.3 is 0 Å². The maximum Gasteiger partial charge on any atom is 0.131 e. The molecule has 0 spiro atoms. The van der Waals surface area contributed by atoms with Crippen LogP contribution in [0.3, 0.4) is 0 Å². The predicted molar refractivity (Wildman–Crippen MR) is 83.7 cm³/mol. The third kappa shape index (κ3) is 3.34. The zero-order valence-electron chi connectivity index (χ0n) is 12.4. The van der Waals surface area contributed by atoms with Gasteiger partial charge < -0.3 is 5.32 Å². The molecule has 4 heteroatoms. The molecule has 1 saturated heterocycles. The fourth-order valence-electron chi connectivity index (χ4n) is 3.07. The van der Waals surface area contributed by atoms with Crippen LogP contribution in [0.5, 0.6) is 0 Å². The Kier molecular flexibility index (Phi) is 4.80. The van der Waals surface area contributed by atoms with Crippen molar-refractivity contribution >= 4 is 0 Å². The molecule has 1 unspecified atom stereocenters. The van der Waals surface area contributed by atoms with Gasteiger partial charge in [-0.1, -0.05) is 36.4 Å². The molecular weight excluding hydrogens is 282 g/mol. The van der Waals surface area contributed by atoms with Gasteiger partial charge in [0.1, 0.15) is 11.6 Å². The second-order valence-electron chi connectivity index (χ2n) is 5.62. The van der Waals surface area contributed by atoms with E-state index in [9.17, 15) is 8.78 Å². The van der Waals surface area contributed by atoms with Crippen molar-refractivity contribution < 1.29 is 8.78 Å². The van der Waals surface area contributed by atoms with E-state index in [1.165, 1.54) is 6.07 Å². The number of rotatable bonds is 3. The summed E-state index contributed by atoms with van der Waals surface area (Å²) in [5.74, 6) is -1.02. The van der Waals surface area contributed by atoms with Gasteiger partial charge in [0.15, 0.2) is 0 Å². The molecule has 0 saturated carbocycles. The maximum absolute atomic E-state index is 14.4. The monoisotopic (exact) mass is 302 g/mol. The molecule has 22 heavy (non-hydrogen) atoms. The first kappa shape index (κ1) is 15.1. The Morgan fingerprint density at radius 2 is 1.77 bits per heavy atom. The van der Waals surface area contributed by atoms with Crippen molar-refractivity contribution in [1.82, 2.24) is 10.2 Å². The highest BCUT2D eigenvalue weighted by molar-refractivity contribution is 5.33. The van der Waals surface area contributed by atoms with Gasteiger partial charge in [0, 0.05) is 31.3 Å². The van der Waals surface area contributed by atoms with Crippen LogP contribution in [0.2, 0.25) is 0 Å². The first-order valence-electron chi connectivity index (χ1n) is 7.70. The molecule has 1 N–H and O–H groups in total. The van der Waals surface area contributed by atoms with Crippen LogP contribution in [0.1, 0.15) is 23.6 Å². The summed E-state index contributed by atoms with van der Waals surface area (Å²) in [7, 11) is 0. The van der Waals surface area contributed by atoms with Crippen LogP contribution in [-0.2, 0) is 0 Å². The van der Waals surface area contributed by atoms with Crippen molar-refractivity contribution in [2.45, 2.75) is 12.5 Å². The van der Waals surface area contributed by atoms with Gasteiger partial charge in [0.2, 0.25) is 0 Å². The summed E-state index contributed by atoms with van der Waals surface area (Å²) in [5, 5.41) is 3.36. The van der Waals surface area contributed by atoms with Crippen LogP contribution < -0.4 is 5.32 Å². The van der Waals surface area contributed by atoms with Crippen LogP contribution in [-0.4, -0.2) is 31.1 Å². The van der Waals surface area contributed by atoms with E-state index in [0.29, 0.717) is 5.56 Å². The zero-order valence-corrected chi connectivity index (χ0v) is 12.4. The third-order valence-electron chi connectivity index (χ3n) is 4.11. The lowest BCUT2D eigenvalue weighted by atomic mass is 9.96. The highest BCUT2D eigenvalue weighted by Crippen LogP contribution is 2.31. The predicted octanol–water partition coefficient (Wildman–Crippen LogP) is 3.35. The average molecular weight is 302 g/mol. The molecule has 2 nitrogen and oxygen atoms in total. The standard InChI is InChI=1S/C18H20F2N2/c19-15-7-8-16(17(20)13-15)18(14-5-2-1-3-6-14)22-11-4-9-21-10-12-22/h1-3,5-8,13,18,21H,4,9-12H2. The van der Waals surface area contributed by atoms with Gasteiger partial charge in [-0.05, 0) is 24.6 Å². The van der Waals surface area contributed by atoms with E-state index in [0.717, 1.165) is 44.2 Å². The molecule has 1 aliphatic heterocycles. The van der Waals surface area contributed by atoms with E-state index in [1.54, 1.807) is 6.07 Å². The first-order chi connectivity index (χ1) is 10.8. The minimum atomic E-state index is -0.536. The Balaban J connectivity index is 2.02. The molecule has 0 aromatic heterocycles. The fraction of sp³-hybridized carbons (Fsp3) is 0.333. The van der Waals surface area contributed by atoms with Gasteiger partial charge in [0.25, 0.3) is 0 Å². The SMILES string of the molecule is Fc1ccc(C(c2ccccc2)N2CCCNCC2)c(F)c1. The topological polar surface area (TPSA) is 15.3 Å². The molecule has 0 bridgehead atoms. The van der Waals surface area contributed by atoms with Crippen LogP contribution in [0.4, 0.5) is 8.78 Å². The Morgan fingerprint density at radius 1 is 0.955 bits per heavy atom. The van der Waals surface area contributed by atoms with Crippen molar-refractivity contribution in [3.05, 3.63) is 71.3 Å². The second kappa shape index (κ2) is 6.99. The molecule has 116 valence electrons. The summed E-state index contributed by atoms with van der Waals surface area (Å²) in [4.78, 5) is 2.27. The number of hydrogen-bond acceptors (Lipinski definition) is 2. The van der Waals surface area contributed by atoms with Crippen LogP contribution in [0.15, 0.2) is 48.5 Å². The minimum absolute atomic E-state index is 0.179. The highest BCUT2D eigenvalue weighted by Gasteiger charge is 2.25. The Bertz CT molecular complexity index is 608. The van der Waals surface area contributed by atoms with Gasteiger partial charge in [-0.15, -0.1) is 0 Å². The number of benzene rings is 2. The summed E-state index contributed by atoms with van der Waals surface area (Å²) in [5.41, 5.74) is 1.57. The largest absolute Gasteiger partial charge is 0.315 e. The van der Waals surface area contributed by atoms with Crippen molar-refractivity contribution in [3.63, 3.8) is 0 Å². The Morgan fingerprint density at radius 3 is 2.55 bits per heavy atom. The number of hydrogen-bond donors (Lipinski definition) is 1. The third-order valence-corrected chi connectivity index (χ3v) is 4.11. The first-order valence-corrected chi connectivity index (χ1v) is 7.70. The van der Waals surface area contributed by atoms with Crippen molar-refractivity contribution in [2.24, 2.45) is 0 Å².